The first-order valence-electron chi connectivity index (χ1n) is 6.62. The molecular formula is C13H24N6O. The third kappa shape index (κ3) is 5.00. The maximum absolute atomic E-state index is 11.6. The predicted molar refractivity (Wildman–Crippen MR) is 80.3 cm³/mol. The maximum atomic E-state index is 11.6. The normalized spacial score (nSPS) is 11.3. The van der Waals surface area contributed by atoms with Crippen LogP contribution >= 0.6 is 0 Å². The fraction of sp³-hybridized carbons (Fsp3) is 0.615. The number of anilines is 2. The van der Waals surface area contributed by atoms with Crippen LogP contribution in [0.5, 0.6) is 0 Å². The first kappa shape index (κ1) is 16.2. The van der Waals surface area contributed by atoms with Crippen molar-refractivity contribution in [3.8, 4) is 0 Å². The van der Waals surface area contributed by atoms with Crippen molar-refractivity contribution in [1.82, 2.24) is 15.3 Å². The van der Waals surface area contributed by atoms with Gasteiger partial charge in [0.05, 0.1) is 6.54 Å². The van der Waals surface area contributed by atoms with Gasteiger partial charge in [-0.2, -0.15) is 0 Å². The van der Waals surface area contributed by atoms with Gasteiger partial charge in [0.1, 0.15) is 17.5 Å². The molecule has 7 nitrogen and oxygen atoms in total. The van der Waals surface area contributed by atoms with Gasteiger partial charge in [0.2, 0.25) is 5.91 Å². The molecule has 1 rings (SSSR count). The smallest absolute Gasteiger partial charge is 0.239 e. The Hall–Kier alpha value is -1.89. The van der Waals surface area contributed by atoms with Crippen molar-refractivity contribution in [1.29, 1.82) is 0 Å². The van der Waals surface area contributed by atoms with Crippen LogP contribution < -0.4 is 21.9 Å². The first-order chi connectivity index (χ1) is 9.22. The van der Waals surface area contributed by atoms with E-state index in [4.69, 9.17) is 5.84 Å². The molecule has 112 valence electrons. The van der Waals surface area contributed by atoms with Crippen LogP contribution in [0, 0.1) is 0 Å². The fourth-order valence-corrected chi connectivity index (χ4v) is 1.49. The van der Waals surface area contributed by atoms with E-state index in [0.29, 0.717) is 17.5 Å². The molecule has 0 fully saturated rings. The molecule has 1 aromatic heterocycles. The summed E-state index contributed by atoms with van der Waals surface area (Å²) >= 11 is 0. The molecule has 20 heavy (non-hydrogen) atoms. The molecule has 0 aliphatic carbocycles. The van der Waals surface area contributed by atoms with E-state index in [2.05, 4.69) is 26.0 Å². The molecule has 0 atom stereocenters. The molecule has 0 radical (unpaired) electrons. The van der Waals surface area contributed by atoms with Gasteiger partial charge in [0.25, 0.3) is 0 Å². The first-order valence-corrected chi connectivity index (χ1v) is 6.62. The Balaban J connectivity index is 2.82. The second-order valence-electron chi connectivity index (χ2n) is 5.93. The number of nitrogen functional groups attached to an aromatic ring is 1. The number of aromatic nitrogens is 2. The number of hydrogen-bond donors (Lipinski definition) is 4. The van der Waals surface area contributed by atoms with Crippen molar-refractivity contribution in [2.24, 2.45) is 5.84 Å². The summed E-state index contributed by atoms with van der Waals surface area (Å²) in [6, 6.07) is 1.78. The molecule has 1 heterocycles. The molecule has 7 heteroatoms. The van der Waals surface area contributed by atoms with Crippen molar-refractivity contribution >= 4 is 17.5 Å². The number of hydrazine groups is 1. The van der Waals surface area contributed by atoms with Crippen LogP contribution in [0.3, 0.4) is 0 Å². The summed E-state index contributed by atoms with van der Waals surface area (Å²) in [5, 5.41) is 5.78. The van der Waals surface area contributed by atoms with E-state index in [9.17, 15) is 4.79 Å². The van der Waals surface area contributed by atoms with Gasteiger partial charge in [0, 0.05) is 17.5 Å². The Bertz CT molecular complexity index is 466. The van der Waals surface area contributed by atoms with Crippen LogP contribution in [0.4, 0.5) is 11.6 Å². The largest absolute Gasteiger partial charge is 0.361 e. The highest BCUT2D eigenvalue weighted by Crippen LogP contribution is 2.21. The minimum atomic E-state index is -0.205. The summed E-state index contributed by atoms with van der Waals surface area (Å²) in [4.78, 5) is 20.3. The highest BCUT2D eigenvalue weighted by molar-refractivity contribution is 5.80. The van der Waals surface area contributed by atoms with Crippen LogP contribution in [-0.4, -0.2) is 28.5 Å². The molecule has 0 aromatic carbocycles. The molecule has 0 aliphatic heterocycles. The number of carbonyl (C=O) groups is 1. The molecule has 0 saturated carbocycles. The van der Waals surface area contributed by atoms with E-state index in [-0.39, 0.29) is 23.9 Å². The number of rotatable bonds is 5. The zero-order valence-electron chi connectivity index (χ0n) is 12.7. The van der Waals surface area contributed by atoms with Gasteiger partial charge in [-0.25, -0.2) is 15.8 Å². The third-order valence-electron chi connectivity index (χ3n) is 2.42. The standard InChI is InChI=1S/C13H24N6O/c1-8(2)16-11(20)7-15-9-6-10(19-14)18-12(17-9)13(3,4)5/h6,8H,7,14H2,1-5H3,(H,16,20)(H2,15,17,18,19). The van der Waals surface area contributed by atoms with Crippen molar-refractivity contribution in [2.75, 3.05) is 17.3 Å². The number of carbonyl (C=O) groups excluding carboxylic acids is 1. The average Bonchev–Trinajstić information content (AvgIpc) is 2.34. The summed E-state index contributed by atoms with van der Waals surface area (Å²) in [5.74, 6) is 7.05. The minimum absolute atomic E-state index is 0.0850. The van der Waals surface area contributed by atoms with Crippen molar-refractivity contribution < 1.29 is 4.79 Å². The molecule has 0 aliphatic rings. The molecule has 0 bridgehead atoms. The van der Waals surface area contributed by atoms with Gasteiger partial charge >= 0.3 is 0 Å². The lowest BCUT2D eigenvalue weighted by Crippen LogP contribution is -2.35. The molecule has 0 unspecified atom stereocenters. The van der Waals surface area contributed by atoms with Crippen LogP contribution in [-0.2, 0) is 10.2 Å². The molecular weight excluding hydrogens is 256 g/mol. The Morgan fingerprint density at radius 1 is 1.30 bits per heavy atom. The topological polar surface area (TPSA) is 105 Å². The zero-order chi connectivity index (χ0) is 15.3. The Morgan fingerprint density at radius 3 is 2.40 bits per heavy atom. The van der Waals surface area contributed by atoms with E-state index in [0.717, 1.165) is 0 Å². The van der Waals surface area contributed by atoms with Gasteiger partial charge in [0.15, 0.2) is 0 Å². The SMILES string of the molecule is CC(C)NC(=O)CNc1cc(NN)nc(C(C)(C)C)n1. The summed E-state index contributed by atoms with van der Waals surface area (Å²) in [5.41, 5.74) is 2.30. The summed E-state index contributed by atoms with van der Waals surface area (Å²) < 4.78 is 0. The van der Waals surface area contributed by atoms with Gasteiger partial charge in [-0.15, -0.1) is 0 Å². The molecule has 0 saturated heterocycles. The monoisotopic (exact) mass is 280 g/mol. The fourth-order valence-electron chi connectivity index (χ4n) is 1.49. The lowest BCUT2D eigenvalue weighted by Gasteiger charge is -2.18. The lowest BCUT2D eigenvalue weighted by atomic mass is 9.96. The van der Waals surface area contributed by atoms with E-state index in [1.54, 1.807) is 6.07 Å². The van der Waals surface area contributed by atoms with Crippen molar-refractivity contribution in [3.05, 3.63) is 11.9 Å². The number of nitrogens with two attached hydrogens (primary N) is 1. The molecule has 1 amide bonds. The minimum Gasteiger partial charge on any atom is -0.361 e. The maximum Gasteiger partial charge on any atom is 0.239 e. The Morgan fingerprint density at radius 2 is 1.90 bits per heavy atom. The summed E-state index contributed by atoms with van der Waals surface area (Å²) in [7, 11) is 0. The molecule has 0 spiro atoms. The number of nitrogens with one attached hydrogen (secondary N) is 3. The zero-order valence-corrected chi connectivity index (χ0v) is 12.7. The van der Waals surface area contributed by atoms with Crippen LogP contribution in [0.25, 0.3) is 0 Å². The summed E-state index contributed by atoms with van der Waals surface area (Å²) in [6.45, 7) is 10.0. The van der Waals surface area contributed by atoms with Crippen molar-refractivity contribution in [2.45, 2.75) is 46.1 Å². The second kappa shape index (κ2) is 6.51. The lowest BCUT2D eigenvalue weighted by molar-refractivity contribution is -0.119. The Labute approximate surface area is 119 Å². The van der Waals surface area contributed by atoms with E-state index >= 15 is 0 Å². The number of amides is 1. The van der Waals surface area contributed by atoms with E-state index in [1.165, 1.54) is 0 Å². The highest BCUT2D eigenvalue weighted by Gasteiger charge is 2.19. The molecule has 1 aromatic rings. The van der Waals surface area contributed by atoms with Gasteiger partial charge in [-0.1, -0.05) is 20.8 Å². The number of hydrogen-bond acceptors (Lipinski definition) is 6. The van der Waals surface area contributed by atoms with Gasteiger partial charge < -0.3 is 16.1 Å². The van der Waals surface area contributed by atoms with E-state index in [1.807, 2.05) is 34.6 Å². The quantitative estimate of drug-likeness (QED) is 0.474. The van der Waals surface area contributed by atoms with Crippen LogP contribution in [0.15, 0.2) is 6.07 Å². The molecule has 5 N–H and O–H groups in total. The van der Waals surface area contributed by atoms with Gasteiger partial charge in [-0.05, 0) is 13.8 Å². The number of nitrogens with zero attached hydrogens (tertiary/aromatic N) is 2. The summed E-state index contributed by atoms with van der Waals surface area (Å²) in [6.07, 6.45) is 0. The predicted octanol–water partition coefficient (Wildman–Crippen LogP) is 0.996. The van der Waals surface area contributed by atoms with Crippen LogP contribution in [0.1, 0.15) is 40.4 Å². The average molecular weight is 280 g/mol. The third-order valence-corrected chi connectivity index (χ3v) is 2.42. The van der Waals surface area contributed by atoms with Crippen LogP contribution in [0.2, 0.25) is 0 Å². The Kier molecular flexibility index (Phi) is 5.26. The van der Waals surface area contributed by atoms with E-state index < -0.39 is 0 Å². The van der Waals surface area contributed by atoms with Gasteiger partial charge in [-0.3, -0.25) is 4.79 Å². The highest BCUT2D eigenvalue weighted by atomic mass is 16.1. The van der Waals surface area contributed by atoms with Crippen molar-refractivity contribution in [3.63, 3.8) is 0 Å². The second-order valence-corrected chi connectivity index (χ2v) is 5.93.